The Kier molecular flexibility index (Phi) is 5.60. The quantitative estimate of drug-likeness (QED) is 0.619. The molecule has 8 heteroatoms. The van der Waals surface area contributed by atoms with Crippen molar-refractivity contribution in [2.24, 2.45) is 13.0 Å². The lowest BCUT2D eigenvalue weighted by atomic mass is 9.90. The molecule has 30 heavy (non-hydrogen) atoms. The molecule has 1 aliphatic rings. The highest BCUT2D eigenvalue weighted by Crippen LogP contribution is 2.25. The molecule has 0 aliphatic carbocycles. The van der Waals surface area contributed by atoms with Gasteiger partial charge in [0.25, 0.3) is 5.92 Å². The van der Waals surface area contributed by atoms with Crippen LogP contribution in [0.4, 0.5) is 8.78 Å². The summed E-state index contributed by atoms with van der Waals surface area (Å²) in [4.78, 5) is 23.4. The summed E-state index contributed by atoms with van der Waals surface area (Å²) in [6.45, 7) is 1.75. The number of alkyl halides is 2. The SMILES string of the molecule is Cn1cc(-c2cnc3cnc(CC(=O)C4CCN(CC(C)(F)F)CC4)cc3c2)cn1. The minimum Gasteiger partial charge on any atom is -0.299 e. The summed E-state index contributed by atoms with van der Waals surface area (Å²) < 4.78 is 28.1. The van der Waals surface area contributed by atoms with Crippen LogP contribution in [0.3, 0.4) is 0 Å². The number of fused-ring (bicyclic) bond motifs is 1. The predicted octanol–water partition coefficient (Wildman–Crippen LogP) is 3.51. The van der Waals surface area contributed by atoms with E-state index >= 15 is 0 Å². The molecule has 0 atom stereocenters. The van der Waals surface area contributed by atoms with Crippen LogP contribution in [0.2, 0.25) is 0 Å². The molecule has 3 aromatic rings. The fourth-order valence-corrected chi connectivity index (χ4v) is 4.03. The molecule has 0 amide bonds. The average Bonchev–Trinajstić information content (AvgIpc) is 3.13. The summed E-state index contributed by atoms with van der Waals surface area (Å²) in [5.74, 6) is -2.67. The lowest BCUT2D eigenvalue weighted by molar-refractivity contribution is -0.124. The number of rotatable bonds is 6. The van der Waals surface area contributed by atoms with Gasteiger partial charge in [0.15, 0.2) is 0 Å². The van der Waals surface area contributed by atoms with Crippen LogP contribution in [0.15, 0.2) is 36.9 Å². The van der Waals surface area contributed by atoms with E-state index in [2.05, 4.69) is 15.1 Å². The molecule has 4 heterocycles. The third-order valence-corrected chi connectivity index (χ3v) is 5.56. The summed E-state index contributed by atoms with van der Waals surface area (Å²) in [6, 6.07) is 3.94. The normalized spacial score (nSPS) is 16.3. The Morgan fingerprint density at radius 3 is 2.57 bits per heavy atom. The first-order valence-corrected chi connectivity index (χ1v) is 10.1. The van der Waals surface area contributed by atoms with E-state index < -0.39 is 5.92 Å². The number of piperidine rings is 1. The molecule has 4 rings (SSSR count). The van der Waals surface area contributed by atoms with E-state index in [9.17, 15) is 13.6 Å². The molecule has 0 aromatic carbocycles. The zero-order valence-electron chi connectivity index (χ0n) is 17.2. The summed E-state index contributed by atoms with van der Waals surface area (Å²) in [7, 11) is 1.86. The zero-order valence-corrected chi connectivity index (χ0v) is 17.2. The second kappa shape index (κ2) is 8.18. The maximum atomic E-state index is 13.2. The van der Waals surface area contributed by atoms with Crippen LogP contribution in [-0.4, -0.2) is 56.0 Å². The summed E-state index contributed by atoms with van der Waals surface area (Å²) in [6.07, 6.45) is 8.69. The number of ketones is 1. The molecule has 1 aliphatic heterocycles. The molecular formula is C22H25F2N5O. The van der Waals surface area contributed by atoms with Gasteiger partial charge in [-0.25, -0.2) is 8.78 Å². The van der Waals surface area contributed by atoms with Crippen molar-refractivity contribution >= 4 is 16.7 Å². The number of nitrogens with zero attached hydrogens (tertiary/aromatic N) is 5. The van der Waals surface area contributed by atoms with Gasteiger partial charge in [0, 0.05) is 60.9 Å². The van der Waals surface area contributed by atoms with Gasteiger partial charge in [-0.05, 0) is 38.1 Å². The Morgan fingerprint density at radius 1 is 1.13 bits per heavy atom. The number of hydrogen-bond donors (Lipinski definition) is 0. The third kappa shape index (κ3) is 4.87. The number of aryl methyl sites for hydroxylation is 1. The molecule has 0 N–H and O–H groups in total. The van der Waals surface area contributed by atoms with Crippen LogP contribution < -0.4 is 0 Å². The molecule has 0 radical (unpaired) electrons. The highest BCUT2D eigenvalue weighted by atomic mass is 19.3. The van der Waals surface area contributed by atoms with Crippen LogP contribution >= 0.6 is 0 Å². The molecule has 6 nitrogen and oxygen atoms in total. The molecule has 0 unspecified atom stereocenters. The van der Waals surface area contributed by atoms with Crippen molar-refractivity contribution in [2.45, 2.75) is 32.1 Å². The maximum absolute atomic E-state index is 13.2. The number of Topliss-reactive ketones (excluding diaryl/α,β-unsaturated/α-hetero) is 1. The van der Waals surface area contributed by atoms with Crippen molar-refractivity contribution in [3.05, 3.63) is 42.6 Å². The van der Waals surface area contributed by atoms with Crippen LogP contribution in [0.25, 0.3) is 22.0 Å². The van der Waals surface area contributed by atoms with Crippen molar-refractivity contribution in [1.29, 1.82) is 0 Å². The highest BCUT2D eigenvalue weighted by molar-refractivity contribution is 5.86. The fourth-order valence-electron chi connectivity index (χ4n) is 4.03. The Bertz CT molecular complexity index is 1050. The number of carbonyl (C=O) groups is 1. The largest absolute Gasteiger partial charge is 0.299 e. The number of pyridine rings is 2. The van der Waals surface area contributed by atoms with E-state index in [0.717, 1.165) is 29.0 Å². The van der Waals surface area contributed by atoms with E-state index in [0.29, 0.717) is 31.6 Å². The number of hydrogen-bond acceptors (Lipinski definition) is 5. The van der Waals surface area contributed by atoms with E-state index in [1.165, 1.54) is 0 Å². The van der Waals surface area contributed by atoms with Crippen molar-refractivity contribution in [3.63, 3.8) is 0 Å². The van der Waals surface area contributed by atoms with E-state index in [4.69, 9.17) is 0 Å². The van der Waals surface area contributed by atoms with Gasteiger partial charge >= 0.3 is 0 Å². The van der Waals surface area contributed by atoms with Crippen molar-refractivity contribution in [2.75, 3.05) is 19.6 Å². The van der Waals surface area contributed by atoms with Gasteiger partial charge in [0.1, 0.15) is 5.78 Å². The Morgan fingerprint density at radius 2 is 1.90 bits per heavy atom. The maximum Gasteiger partial charge on any atom is 0.257 e. The first-order chi connectivity index (χ1) is 14.3. The lowest BCUT2D eigenvalue weighted by Crippen LogP contribution is -2.42. The predicted molar refractivity (Wildman–Crippen MR) is 110 cm³/mol. The number of halogens is 2. The molecule has 1 saturated heterocycles. The molecule has 3 aromatic heterocycles. The molecule has 0 spiro atoms. The van der Waals surface area contributed by atoms with Gasteiger partial charge in [-0.3, -0.25) is 24.3 Å². The van der Waals surface area contributed by atoms with Gasteiger partial charge in [-0.1, -0.05) is 0 Å². The van der Waals surface area contributed by atoms with Crippen LogP contribution in [0.5, 0.6) is 0 Å². The van der Waals surface area contributed by atoms with E-state index in [1.54, 1.807) is 28.2 Å². The number of aromatic nitrogens is 4. The van der Waals surface area contributed by atoms with Crippen molar-refractivity contribution < 1.29 is 13.6 Å². The van der Waals surface area contributed by atoms with Gasteiger partial charge < -0.3 is 0 Å². The summed E-state index contributed by atoms with van der Waals surface area (Å²) in [5.41, 5.74) is 3.41. The molecular weight excluding hydrogens is 388 g/mol. The first kappa shape index (κ1) is 20.5. The monoisotopic (exact) mass is 413 g/mol. The minimum atomic E-state index is -2.70. The van der Waals surface area contributed by atoms with Gasteiger partial charge in [0.05, 0.1) is 24.5 Å². The Hall–Kier alpha value is -2.74. The molecule has 158 valence electrons. The third-order valence-electron chi connectivity index (χ3n) is 5.56. The van der Waals surface area contributed by atoms with Gasteiger partial charge in [0.2, 0.25) is 0 Å². The van der Waals surface area contributed by atoms with Gasteiger partial charge in [-0.15, -0.1) is 0 Å². The van der Waals surface area contributed by atoms with Gasteiger partial charge in [-0.2, -0.15) is 5.10 Å². The van der Waals surface area contributed by atoms with E-state index in [-0.39, 0.29) is 24.7 Å². The molecule has 0 bridgehead atoms. The fraction of sp³-hybridized carbons (Fsp3) is 0.455. The lowest BCUT2D eigenvalue weighted by Gasteiger charge is -2.32. The first-order valence-electron chi connectivity index (χ1n) is 10.1. The Labute approximate surface area is 173 Å². The second-order valence-electron chi connectivity index (χ2n) is 8.26. The van der Waals surface area contributed by atoms with E-state index in [1.807, 2.05) is 25.4 Å². The standard InChI is InChI=1S/C22H25F2N5O/c1-22(23,24)14-29-5-3-15(4-6-29)21(30)9-19-8-16-7-17(10-26-20(16)12-25-19)18-11-27-28(2)13-18/h7-8,10-13,15H,3-6,9,14H2,1-2H3. The Balaban J connectivity index is 1.43. The average molecular weight is 413 g/mol. The number of likely N-dealkylation sites (tertiary alicyclic amines) is 1. The van der Waals surface area contributed by atoms with Crippen molar-refractivity contribution in [1.82, 2.24) is 24.6 Å². The van der Waals surface area contributed by atoms with Crippen LogP contribution in [0.1, 0.15) is 25.5 Å². The zero-order chi connectivity index (χ0) is 21.3. The summed E-state index contributed by atoms with van der Waals surface area (Å²) >= 11 is 0. The topological polar surface area (TPSA) is 63.9 Å². The molecule has 0 saturated carbocycles. The minimum absolute atomic E-state index is 0.0934. The highest BCUT2D eigenvalue weighted by Gasteiger charge is 2.30. The van der Waals surface area contributed by atoms with Crippen molar-refractivity contribution in [3.8, 4) is 11.1 Å². The molecule has 1 fully saturated rings. The van der Waals surface area contributed by atoms with Crippen LogP contribution in [-0.2, 0) is 18.3 Å². The number of carbonyl (C=O) groups excluding carboxylic acids is 1. The second-order valence-corrected chi connectivity index (χ2v) is 8.26. The van der Waals surface area contributed by atoms with Crippen LogP contribution in [0, 0.1) is 5.92 Å². The summed E-state index contributed by atoms with van der Waals surface area (Å²) in [5, 5.41) is 5.12. The smallest absolute Gasteiger partial charge is 0.257 e.